The van der Waals surface area contributed by atoms with E-state index in [4.69, 9.17) is 0 Å². The van der Waals surface area contributed by atoms with E-state index in [1.165, 1.54) is 41.5 Å². The van der Waals surface area contributed by atoms with E-state index in [0.29, 0.717) is 22.8 Å². The van der Waals surface area contributed by atoms with E-state index >= 15 is 0 Å². The Morgan fingerprint density at radius 3 is 1.84 bits per heavy atom. The third-order valence-electron chi connectivity index (χ3n) is 7.53. The van der Waals surface area contributed by atoms with Crippen LogP contribution in [0.5, 0.6) is 0 Å². The van der Waals surface area contributed by atoms with E-state index in [0.717, 1.165) is 44.2 Å². The maximum Gasteiger partial charge on any atom is 0.161 e. The van der Waals surface area contributed by atoms with Crippen molar-refractivity contribution in [2.24, 2.45) is 0 Å². The lowest BCUT2D eigenvalue weighted by atomic mass is 9.99. The van der Waals surface area contributed by atoms with Crippen molar-refractivity contribution in [3.8, 4) is 51.7 Å². The maximum atomic E-state index is 9.34. The van der Waals surface area contributed by atoms with Crippen molar-refractivity contribution < 1.29 is 0 Å². The van der Waals surface area contributed by atoms with Gasteiger partial charge in [-0.3, -0.25) is 0 Å². The van der Waals surface area contributed by atoms with Crippen LogP contribution in [-0.4, -0.2) is 24.5 Å². The Labute approximate surface area is 248 Å². The highest BCUT2D eigenvalue weighted by atomic mass is 15.0. The first kappa shape index (κ1) is 25.8. The van der Waals surface area contributed by atoms with Gasteiger partial charge in [0.05, 0.1) is 27.8 Å². The highest BCUT2D eigenvalue weighted by Crippen LogP contribution is 2.38. The second-order valence-electron chi connectivity index (χ2n) is 10.5. The minimum atomic E-state index is 0.382. The zero-order chi connectivity index (χ0) is 29.5. The molecule has 7 heteroatoms. The number of aryl methyl sites for hydroxylation is 2. The summed E-state index contributed by atoms with van der Waals surface area (Å²) in [5.74, 6) is 0.961. The first-order valence-electron chi connectivity index (χ1n) is 13.7. The topological polar surface area (TPSA) is 104 Å². The van der Waals surface area contributed by atoms with Gasteiger partial charge in [-0.15, -0.1) is 0 Å². The Hall–Kier alpha value is -6.18. The minimum Gasteiger partial charge on any atom is -0.309 e. The summed E-state index contributed by atoms with van der Waals surface area (Å²) in [5.41, 5.74) is 10.1. The number of para-hydroxylation sites is 1. The molecule has 0 saturated heterocycles. The van der Waals surface area contributed by atoms with E-state index in [1.807, 2.05) is 24.3 Å². The van der Waals surface area contributed by atoms with Crippen LogP contribution in [0.2, 0.25) is 0 Å². The first-order valence-corrected chi connectivity index (χ1v) is 13.7. The van der Waals surface area contributed by atoms with Crippen molar-refractivity contribution in [2.75, 3.05) is 0 Å². The Morgan fingerprint density at radius 2 is 1.16 bits per heavy atom. The van der Waals surface area contributed by atoms with Gasteiger partial charge in [0.15, 0.2) is 11.6 Å². The maximum absolute atomic E-state index is 9.34. The van der Waals surface area contributed by atoms with Crippen molar-refractivity contribution >= 4 is 21.8 Å². The molecule has 3 aromatic heterocycles. The van der Waals surface area contributed by atoms with Crippen LogP contribution >= 0.6 is 0 Å². The molecule has 0 fully saturated rings. The molecule has 0 spiro atoms. The molecule has 4 aromatic carbocycles. The molecule has 0 aliphatic carbocycles. The van der Waals surface area contributed by atoms with Gasteiger partial charge in [0.2, 0.25) is 0 Å². The van der Waals surface area contributed by atoms with Crippen LogP contribution in [0.4, 0.5) is 0 Å². The monoisotopic (exact) mass is 553 g/mol. The lowest BCUT2D eigenvalue weighted by molar-refractivity contribution is 1.12. The summed E-state index contributed by atoms with van der Waals surface area (Å²) in [7, 11) is 0. The fourth-order valence-electron chi connectivity index (χ4n) is 5.66. The van der Waals surface area contributed by atoms with Crippen molar-refractivity contribution in [1.82, 2.24) is 24.5 Å². The molecular weight excluding hydrogens is 530 g/mol. The van der Waals surface area contributed by atoms with Crippen molar-refractivity contribution in [2.45, 2.75) is 13.8 Å². The third kappa shape index (κ3) is 4.56. The fraction of sp³-hybridized carbons (Fsp3) is 0.0556. The van der Waals surface area contributed by atoms with Gasteiger partial charge >= 0.3 is 0 Å². The van der Waals surface area contributed by atoms with E-state index in [-0.39, 0.29) is 0 Å². The molecule has 0 saturated carbocycles. The molecule has 7 nitrogen and oxygen atoms in total. The van der Waals surface area contributed by atoms with Crippen molar-refractivity contribution in [3.05, 3.63) is 126 Å². The lowest BCUT2D eigenvalue weighted by Crippen LogP contribution is -2.01. The molecule has 0 atom stereocenters. The van der Waals surface area contributed by atoms with Crippen LogP contribution in [0.25, 0.3) is 61.4 Å². The predicted octanol–water partition coefficient (Wildman–Crippen LogP) is 7.72. The Balaban J connectivity index is 1.48. The molecule has 3 heterocycles. The van der Waals surface area contributed by atoms with Gasteiger partial charge < -0.3 is 4.57 Å². The molecule has 7 rings (SSSR count). The molecule has 0 aliphatic rings. The molecule has 0 aliphatic heterocycles. The highest BCUT2D eigenvalue weighted by Gasteiger charge is 2.19. The van der Waals surface area contributed by atoms with Crippen molar-refractivity contribution in [1.29, 1.82) is 10.5 Å². The van der Waals surface area contributed by atoms with E-state index in [1.54, 1.807) is 0 Å². The standard InChI is InChI=1S/C36H23N7/c1-22-11-23(2)13-28(12-22)26-7-9-33-30(14-26)29-5-3-4-6-32(29)43(33)34-10-8-27(35-39-18-24(16-37)19-40-35)15-31(34)36-41-20-25(17-38)21-42-36/h3-15,18-21H,1-2H3. The predicted molar refractivity (Wildman–Crippen MR) is 167 cm³/mol. The highest BCUT2D eigenvalue weighted by molar-refractivity contribution is 6.11. The van der Waals surface area contributed by atoms with Crippen LogP contribution in [-0.2, 0) is 0 Å². The van der Waals surface area contributed by atoms with Gasteiger partial charge in [0.25, 0.3) is 0 Å². The van der Waals surface area contributed by atoms with Gasteiger partial charge in [-0.1, -0.05) is 53.6 Å². The van der Waals surface area contributed by atoms with Gasteiger partial charge in [0, 0.05) is 46.7 Å². The number of nitrogens with zero attached hydrogens (tertiary/aromatic N) is 7. The zero-order valence-corrected chi connectivity index (χ0v) is 23.4. The van der Waals surface area contributed by atoms with Gasteiger partial charge in [-0.05, 0) is 61.4 Å². The Kier molecular flexibility index (Phi) is 6.19. The van der Waals surface area contributed by atoms with E-state index in [9.17, 15) is 10.5 Å². The molecule has 43 heavy (non-hydrogen) atoms. The summed E-state index contributed by atoms with van der Waals surface area (Å²) in [6.45, 7) is 4.25. The molecular formula is C36H23N7. The third-order valence-corrected chi connectivity index (χ3v) is 7.53. The van der Waals surface area contributed by atoms with Crippen LogP contribution in [0, 0.1) is 36.5 Å². The number of fused-ring (bicyclic) bond motifs is 3. The number of nitriles is 2. The normalized spacial score (nSPS) is 11.0. The molecule has 0 unspecified atom stereocenters. The summed E-state index contributed by atoms with van der Waals surface area (Å²) in [4.78, 5) is 17.9. The average Bonchev–Trinajstić information content (AvgIpc) is 3.37. The van der Waals surface area contributed by atoms with Crippen molar-refractivity contribution in [3.63, 3.8) is 0 Å². The zero-order valence-electron chi connectivity index (χ0n) is 23.4. The van der Waals surface area contributed by atoms with E-state index < -0.39 is 0 Å². The van der Waals surface area contributed by atoms with E-state index in [2.05, 4.69) is 105 Å². The number of aromatic nitrogens is 5. The first-order chi connectivity index (χ1) is 21.0. The molecule has 0 bridgehead atoms. The lowest BCUT2D eigenvalue weighted by Gasteiger charge is -2.15. The Morgan fingerprint density at radius 1 is 0.558 bits per heavy atom. The average molecular weight is 554 g/mol. The van der Waals surface area contributed by atoms with Gasteiger partial charge in [0.1, 0.15) is 12.1 Å². The van der Waals surface area contributed by atoms with Crippen LogP contribution in [0.3, 0.4) is 0 Å². The molecule has 0 N–H and O–H groups in total. The number of hydrogen-bond donors (Lipinski definition) is 0. The summed E-state index contributed by atoms with van der Waals surface area (Å²) in [6, 6.07) is 31.7. The summed E-state index contributed by atoms with van der Waals surface area (Å²) >= 11 is 0. The smallest absolute Gasteiger partial charge is 0.161 e. The summed E-state index contributed by atoms with van der Waals surface area (Å²) < 4.78 is 2.23. The number of rotatable bonds is 4. The van der Waals surface area contributed by atoms with Crippen LogP contribution < -0.4 is 0 Å². The minimum absolute atomic E-state index is 0.382. The molecule has 7 aromatic rings. The second kappa shape index (κ2) is 10.3. The SMILES string of the molecule is Cc1cc(C)cc(-c2ccc3c(c2)c2ccccc2n3-c2ccc(-c3ncc(C#N)cn3)cc2-c2ncc(C#N)cn2)c1. The summed E-state index contributed by atoms with van der Waals surface area (Å²) in [5, 5.41) is 20.8. The van der Waals surface area contributed by atoms with Crippen LogP contribution in [0.1, 0.15) is 22.3 Å². The summed E-state index contributed by atoms with van der Waals surface area (Å²) in [6.07, 6.45) is 6.07. The quantitative estimate of drug-likeness (QED) is 0.221. The molecule has 0 radical (unpaired) electrons. The molecule has 0 amide bonds. The van der Waals surface area contributed by atoms with Gasteiger partial charge in [-0.25, -0.2) is 19.9 Å². The fourth-order valence-corrected chi connectivity index (χ4v) is 5.66. The Bertz CT molecular complexity index is 2250. The second-order valence-corrected chi connectivity index (χ2v) is 10.5. The van der Waals surface area contributed by atoms with Gasteiger partial charge in [-0.2, -0.15) is 10.5 Å². The molecule has 202 valence electrons. The van der Waals surface area contributed by atoms with Crippen LogP contribution in [0.15, 0.2) is 104 Å². The largest absolute Gasteiger partial charge is 0.309 e. The number of hydrogen-bond acceptors (Lipinski definition) is 6. The number of benzene rings is 4.